The summed E-state index contributed by atoms with van der Waals surface area (Å²) in [6, 6.07) is 23.9. The van der Waals surface area contributed by atoms with Crippen LogP contribution < -0.4 is 4.74 Å². The van der Waals surface area contributed by atoms with Gasteiger partial charge in [0, 0.05) is 5.56 Å². The van der Waals surface area contributed by atoms with Crippen LogP contribution in [0.15, 0.2) is 78.9 Å². The predicted molar refractivity (Wildman–Crippen MR) is 99.5 cm³/mol. The van der Waals surface area contributed by atoms with Crippen LogP contribution in [-0.2, 0) is 4.74 Å². The van der Waals surface area contributed by atoms with E-state index in [-0.39, 0.29) is 12.4 Å². The first-order valence-electron chi connectivity index (χ1n) is 8.18. The van der Waals surface area contributed by atoms with Crippen molar-refractivity contribution in [1.82, 2.24) is 0 Å². The molecule has 3 rings (SSSR count). The highest BCUT2D eigenvalue weighted by Gasteiger charge is 2.15. The molecule has 0 aliphatic rings. The largest absolute Gasteiger partial charge is 0.496 e. The fraction of sp³-hybridized carbons (Fsp3) is 0.0909. The Hall–Kier alpha value is -3.40. The Kier molecular flexibility index (Phi) is 5.44. The topological polar surface area (TPSA) is 52.6 Å². The molecule has 0 saturated carbocycles. The van der Waals surface area contributed by atoms with E-state index in [0.29, 0.717) is 16.9 Å². The van der Waals surface area contributed by atoms with Gasteiger partial charge in [-0.05, 0) is 23.3 Å². The minimum absolute atomic E-state index is 0.257. The average Bonchev–Trinajstić information content (AvgIpc) is 2.72. The number of rotatable bonds is 6. The summed E-state index contributed by atoms with van der Waals surface area (Å²) in [7, 11) is 1.48. The summed E-state index contributed by atoms with van der Waals surface area (Å²) in [6.07, 6.45) is 0. The van der Waals surface area contributed by atoms with E-state index < -0.39 is 5.97 Å². The number of benzene rings is 3. The average molecular weight is 346 g/mol. The number of para-hydroxylation sites is 1. The normalized spacial score (nSPS) is 10.2. The molecule has 0 unspecified atom stereocenters. The maximum Gasteiger partial charge on any atom is 0.342 e. The lowest BCUT2D eigenvalue weighted by Gasteiger charge is -2.08. The Morgan fingerprint density at radius 3 is 2.08 bits per heavy atom. The van der Waals surface area contributed by atoms with Gasteiger partial charge >= 0.3 is 5.97 Å². The van der Waals surface area contributed by atoms with Crippen molar-refractivity contribution in [2.45, 2.75) is 0 Å². The molecule has 0 heterocycles. The number of ketones is 1. The van der Waals surface area contributed by atoms with Gasteiger partial charge in [0.1, 0.15) is 11.3 Å². The molecule has 4 nitrogen and oxygen atoms in total. The quantitative estimate of drug-likeness (QED) is 0.490. The summed E-state index contributed by atoms with van der Waals surface area (Å²) in [4.78, 5) is 24.4. The van der Waals surface area contributed by atoms with Crippen LogP contribution in [0.3, 0.4) is 0 Å². The zero-order chi connectivity index (χ0) is 18.4. The first-order chi connectivity index (χ1) is 12.7. The summed E-state index contributed by atoms with van der Waals surface area (Å²) in [5, 5.41) is 0. The van der Waals surface area contributed by atoms with E-state index in [0.717, 1.165) is 11.1 Å². The molecule has 0 aromatic heterocycles. The lowest BCUT2D eigenvalue weighted by atomic mass is 10.0. The van der Waals surface area contributed by atoms with Crippen molar-refractivity contribution in [2.75, 3.05) is 13.7 Å². The minimum Gasteiger partial charge on any atom is -0.496 e. The van der Waals surface area contributed by atoms with Gasteiger partial charge in [-0.2, -0.15) is 0 Å². The van der Waals surface area contributed by atoms with Gasteiger partial charge in [0.15, 0.2) is 12.4 Å². The summed E-state index contributed by atoms with van der Waals surface area (Å²) >= 11 is 0. The number of Topliss-reactive ketones (excluding diaryl/α,β-unsaturated/α-hetero) is 1. The zero-order valence-electron chi connectivity index (χ0n) is 14.3. The zero-order valence-corrected chi connectivity index (χ0v) is 14.3. The van der Waals surface area contributed by atoms with Crippen LogP contribution in [0.5, 0.6) is 5.75 Å². The number of methoxy groups -OCH3 is 1. The number of carbonyl (C=O) groups excluding carboxylic acids is 2. The molecule has 0 aliphatic carbocycles. The molecule has 0 saturated heterocycles. The molecule has 0 N–H and O–H groups in total. The third kappa shape index (κ3) is 3.98. The van der Waals surface area contributed by atoms with Gasteiger partial charge in [-0.3, -0.25) is 4.79 Å². The molecule has 0 bridgehead atoms. The van der Waals surface area contributed by atoms with Crippen molar-refractivity contribution in [3.8, 4) is 16.9 Å². The second-order valence-electron chi connectivity index (χ2n) is 5.64. The summed E-state index contributed by atoms with van der Waals surface area (Å²) in [5.74, 6) is -0.429. The predicted octanol–water partition coefficient (Wildman–Crippen LogP) is 4.40. The second kappa shape index (κ2) is 8.12. The number of ether oxygens (including phenoxy) is 2. The van der Waals surface area contributed by atoms with Gasteiger partial charge in [-0.15, -0.1) is 0 Å². The third-order valence-electron chi connectivity index (χ3n) is 3.98. The SMILES string of the molecule is COc1ccccc1C(=O)OCC(=O)c1ccc(-c2ccccc2)cc1. The lowest BCUT2D eigenvalue weighted by molar-refractivity contribution is 0.0471. The van der Waals surface area contributed by atoms with Crippen LogP contribution in [0, 0.1) is 0 Å². The van der Waals surface area contributed by atoms with Crippen LogP contribution >= 0.6 is 0 Å². The van der Waals surface area contributed by atoms with E-state index in [2.05, 4.69) is 0 Å². The second-order valence-corrected chi connectivity index (χ2v) is 5.64. The highest BCUT2D eigenvalue weighted by molar-refractivity contribution is 6.00. The first-order valence-corrected chi connectivity index (χ1v) is 8.18. The van der Waals surface area contributed by atoms with Crippen LogP contribution in [0.4, 0.5) is 0 Å². The van der Waals surface area contributed by atoms with E-state index in [1.54, 1.807) is 36.4 Å². The molecular formula is C22H18O4. The number of hydrogen-bond donors (Lipinski definition) is 0. The van der Waals surface area contributed by atoms with Crippen LogP contribution in [0.1, 0.15) is 20.7 Å². The van der Waals surface area contributed by atoms with E-state index >= 15 is 0 Å². The molecule has 0 radical (unpaired) electrons. The molecule has 0 fully saturated rings. The molecule has 3 aromatic rings. The molecule has 0 amide bonds. The maximum absolute atomic E-state index is 12.3. The minimum atomic E-state index is -0.586. The number of esters is 1. The maximum atomic E-state index is 12.3. The fourth-order valence-corrected chi connectivity index (χ4v) is 2.58. The van der Waals surface area contributed by atoms with Gasteiger partial charge in [0.05, 0.1) is 7.11 Å². The Morgan fingerprint density at radius 2 is 1.38 bits per heavy atom. The van der Waals surface area contributed by atoms with E-state index in [4.69, 9.17) is 9.47 Å². The standard InChI is InChI=1S/C22H18O4/c1-25-21-10-6-5-9-19(21)22(24)26-15-20(23)18-13-11-17(12-14-18)16-7-3-2-4-8-16/h2-14H,15H2,1H3. The fourth-order valence-electron chi connectivity index (χ4n) is 2.58. The van der Waals surface area contributed by atoms with Crippen molar-refractivity contribution >= 4 is 11.8 Å². The molecule has 26 heavy (non-hydrogen) atoms. The van der Waals surface area contributed by atoms with Crippen LogP contribution in [0.2, 0.25) is 0 Å². The number of hydrogen-bond acceptors (Lipinski definition) is 4. The van der Waals surface area contributed by atoms with Gasteiger partial charge in [-0.1, -0.05) is 66.7 Å². The van der Waals surface area contributed by atoms with E-state index in [9.17, 15) is 9.59 Å². The highest BCUT2D eigenvalue weighted by Crippen LogP contribution is 2.20. The summed E-state index contributed by atoms with van der Waals surface area (Å²) in [6.45, 7) is -0.318. The number of carbonyl (C=O) groups is 2. The van der Waals surface area contributed by atoms with Gasteiger partial charge in [0.2, 0.25) is 0 Å². The van der Waals surface area contributed by atoms with Crippen molar-refractivity contribution in [1.29, 1.82) is 0 Å². The highest BCUT2D eigenvalue weighted by atomic mass is 16.5. The molecule has 0 spiro atoms. The summed E-state index contributed by atoms with van der Waals surface area (Å²) in [5.41, 5.74) is 2.89. The first kappa shape index (κ1) is 17.4. The van der Waals surface area contributed by atoms with Crippen LogP contribution in [-0.4, -0.2) is 25.5 Å². The summed E-state index contributed by atoms with van der Waals surface area (Å²) < 4.78 is 10.3. The van der Waals surface area contributed by atoms with E-state index in [1.807, 2.05) is 42.5 Å². The Bertz CT molecular complexity index is 899. The third-order valence-corrected chi connectivity index (χ3v) is 3.98. The molecule has 130 valence electrons. The smallest absolute Gasteiger partial charge is 0.342 e. The van der Waals surface area contributed by atoms with Crippen molar-refractivity contribution < 1.29 is 19.1 Å². The molecule has 4 heteroatoms. The van der Waals surface area contributed by atoms with Crippen LogP contribution in [0.25, 0.3) is 11.1 Å². The van der Waals surface area contributed by atoms with Crippen molar-refractivity contribution in [2.24, 2.45) is 0 Å². The van der Waals surface area contributed by atoms with Gasteiger partial charge < -0.3 is 9.47 Å². The Balaban J connectivity index is 1.64. The molecule has 3 aromatic carbocycles. The monoisotopic (exact) mass is 346 g/mol. The molecule has 0 atom stereocenters. The molecule has 0 aliphatic heterocycles. The van der Waals surface area contributed by atoms with Gasteiger partial charge in [-0.25, -0.2) is 4.79 Å². The lowest BCUT2D eigenvalue weighted by Crippen LogP contribution is -2.14. The van der Waals surface area contributed by atoms with Crippen molar-refractivity contribution in [3.05, 3.63) is 90.0 Å². The van der Waals surface area contributed by atoms with Crippen molar-refractivity contribution in [3.63, 3.8) is 0 Å². The van der Waals surface area contributed by atoms with Gasteiger partial charge in [0.25, 0.3) is 0 Å². The van der Waals surface area contributed by atoms with E-state index in [1.165, 1.54) is 7.11 Å². The molecular weight excluding hydrogens is 328 g/mol. The Labute approximate surface area is 152 Å². The Morgan fingerprint density at radius 1 is 0.769 bits per heavy atom.